The number of aliphatic hydroxyl groups excluding tert-OH is 1. The van der Waals surface area contributed by atoms with Gasteiger partial charge in [-0.3, -0.25) is 4.90 Å². The Bertz CT molecular complexity index is 698. The Morgan fingerprint density at radius 2 is 2.43 bits per heavy atom. The zero-order valence-corrected chi connectivity index (χ0v) is 12.8. The minimum atomic E-state index is -0.823. The fourth-order valence-corrected chi connectivity index (χ4v) is 2.63. The standard InChI is InChI=1S/C14H19N5O4/c1-2-11(18-6-7-22-12(20)8-18)23-10-5-3-4-9-13(10)16-14(15)17-19(9)21/h3-5,11-12,20H,2,6-8H2,1H3,(H2,15,16,17). The Morgan fingerprint density at radius 3 is 3.17 bits per heavy atom. The minimum Gasteiger partial charge on any atom is -0.594 e. The SMILES string of the molecule is CCC(Oc1cccc2c1nc(N)n[n+]2[O-])N1CCOC(O)C1. The van der Waals surface area contributed by atoms with Crippen LogP contribution in [0.25, 0.3) is 11.0 Å². The molecule has 1 aliphatic heterocycles. The van der Waals surface area contributed by atoms with Crippen LogP contribution in [-0.2, 0) is 4.74 Å². The van der Waals surface area contributed by atoms with Gasteiger partial charge < -0.3 is 25.5 Å². The van der Waals surface area contributed by atoms with Crippen molar-refractivity contribution in [2.75, 3.05) is 25.4 Å². The number of hydrogen-bond acceptors (Lipinski definition) is 8. The van der Waals surface area contributed by atoms with Gasteiger partial charge in [0.05, 0.1) is 18.3 Å². The molecule has 2 atom stereocenters. The Kier molecular flexibility index (Phi) is 4.42. The van der Waals surface area contributed by atoms with Gasteiger partial charge in [-0.2, -0.15) is 4.98 Å². The third kappa shape index (κ3) is 3.26. The molecule has 2 aromatic rings. The number of nitrogens with zero attached hydrogens (tertiary/aromatic N) is 4. The maximum atomic E-state index is 11.8. The molecule has 2 unspecified atom stereocenters. The maximum absolute atomic E-state index is 11.8. The van der Waals surface area contributed by atoms with Crippen molar-refractivity contribution in [1.29, 1.82) is 0 Å². The Morgan fingerprint density at radius 1 is 1.61 bits per heavy atom. The lowest BCUT2D eigenvalue weighted by Gasteiger charge is -2.35. The van der Waals surface area contributed by atoms with Crippen molar-refractivity contribution in [3.63, 3.8) is 0 Å². The summed E-state index contributed by atoms with van der Waals surface area (Å²) in [5, 5.41) is 25.0. The molecule has 124 valence electrons. The number of benzene rings is 1. The molecule has 0 amide bonds. The molecule has 0 spiro atoms. The van der Waals surface area contributed by atoms with Gasteiger partial charge >= 0.3 is 0 Å². The Labute approximate surface area is 132 Å². The van der Waals surface area contributed by atoms with Crippen LogP contribution in [0.15, 0.2) is 18.2 Å². The number of anilines is 1. The van der Waals surface area contributed by atoms with Crippen LogP contribution in [0.5, 0.6) is 5.75 Å². The van der Waals surface area contributed by atoms with Gasteiger partial charge in [0.25, 0.3) is 11.5 Å². The molecule has 9 heteroatoms. The highest BCUT2D eigenvalue weighted by atomic mass is 16.6. The van der Waals surface area contributed by atoms with Crippen molar-refractivity contribution >= 4 is 17.0 Å². The minimum absolute atomic E-state index is 0.113. The normalized spacial score (nSPS) is 20.5. The Hall–Kier alpha value is -2.23. The number of ether oxygens (including phenoxy) is 2. The van der Waals surface area contributed by atoms with Crippen LogP contribution in [-0.4, -0.2) is 52.3 Å². The molecule has 3 rings (SSSR count). The molecule has 3 N–H and O–H groups in total. The molecule has 1 aliphatic rings. The van der Waals surface area contributed by atoms with E-state index in [9.17, 15) is 10.3 Å². The van der Waals surface area contributed by atoms with Gasteiger partial charge in [-0.05, 0) is 17.3 Å². The highest BCUT2D eigenvalue weighted by molar-refractivity contribution is 5.78. The van der Waals surface area contributed by atoms with E-state index in [2.05, 4.69) is 10.1 Å². The highest BCUT2D eigenvalue weighted by Gasteiger charge is 2.26. The lowest BCUT2D eigenvalue weighted by Crippen LogP contribution is -2.49. The average Bonchev–Trinajstić information content (AvgIpc) is 2.53. The van der Waals surface area contributed by atoms with Gasteiger partial charge in [-0.15, -0.1) is 0 Å². The fraction of sp³-hybridized carbons (Fsp3) is 0.500. The summed E-state index contributed by atoms with van der Waals surface area (Å²) >= 11 is 0. The molecule has 1 aromatic heterocycles. The number of morpholine rings is 1. The molecule has 1 fully saturated rings. The van der Waals surface area contributed by atoms with Crippen LogP contribution in [0.3, 0.4) is 0 Å². The quantitative estimate of drug-likeness (QED) is 0.577. The first kappa shape index (κ1) is 15.7. The van der Waals surface area contributed by atoms with Gasteiger partial charge in [0.2, 0.25) is 0 Å². The van der Waals surface area contributed by atoms with Crippen LogP contribution in [0.4, 0.5) is 5.95 Å². The summed E-state index contributed by atoms with van der Waals surface area (Å²) in [5.74, 6) is 0.340. The van der Waals surface area contributed by atoms with Gasteiger partial charge in [0.1, 0.15) is 0 Å². The lowest BCUT2D eigenvalue weighted by atomic mass is 10.2. The van der Waals surface area contributed by atoms with Crippen molar-refractivity contribution in [2.45, 2.75) is 25.9 Å². The number of hydrogen-bond donors (Lipinski definition) is 2. The number of fused-ring (bicyclic) bond motifs is 1. The summed E-state index contributed by atoms with van der Waals surface area (Å²) < 4.78 is 11.2. The van der Waals surface area contributed by atoms with Crippen LogP contribution < -0.4 is 15.3 Å². The molecule has 9 nitrogen and oxygen atoms in total. The molecule has 23 heavy (non-hydrogen) atoms. The summed E-state index contributed by atoms with van der Waals surface area (Å²) in [7, 11) is 0. The van der Waals surface area contributed by atoms with E-state index in [4.69, 9.17) is 15.2 Å². The third-order valence-corrected chi connectivity index (χ3v) is 3.70. The summed E-state index contributed by atoms with van der Waals surface area (Å²) in [6.07, 6.45) is -0.396. The first-order chi connectivity index (χ1) is 11.1. The van der Waals surface area contributed by atoms with E-state index >= 15 is 0 Å². The smallest absolute Gasteiger partial charge is 0.288 e. The van der Waals surface area contributed by atoms with Crippen molar-refractivity contribution in [3.05, 3.63) is 23.4 Å². The predicted molar refractivity (Wildman–Crippen MR) is 81.1 cm³/mol. The van der Waals surface area contributed by atoms with E-state index in [1.165, 1.54) is 0 Å². The zero-order chi connectivity index (χ0) is 16.4. The molecule has 0 radical (unpaired) electrons. The summed E-state index contributed by atoms with van der Waals surface area (Å²) in [5.41, 5.74) is 6.21. The molecule has 1 saturated heterocycles. The second kappa shape index (κ2) is 6.49. The van der Waals surface area contributed by atoms with E-state index < -0.39 is 6.29 Å². The number of β-amino-alcohol motifs (C(OH)–C–C–N with tert-alkyl or cyclic N) is 1. The monoisotopic (exact) mass is 321 g/mol. The van der Waals surface area contributed by atoms with E-state index in [0.717, 1.165) is 0 Å². The van der Waals surface area contributed by atoms with E-state index in [1.54, 1.807) is 18.2 Å². The third-order valence-electron chi connectivity index (χ3n) is 3.70. The van der Waals surface area contributed by atoms with E-state index in [-0.39, 0.29) is 17.7 Å². The Balaban J connectivity index is 1.90. The predicted octanol–water partition coefficient (Wildman–Crippen LogP) is -0.389. The second-order valence-electron chi connectivity index (χ2n) is 5.27. The number of para-hydroxylation sites is 1. The lowest BCUT2D eigenvalue weighted by molar-refractivity contribution is -0.641. The molecule has 2 heterocycles. The summed E-state index contributed by atoms with van der Waals surface area (Å²) in [6, 6.07) is 5.04. The highest BCUT2D eigenvalue weighted by Crippen LogP contribution is 2.24. The van der Waals surface area contributed by atoms with Crippen LogP contribution in [0.1, 0.15) is 13.3 Å². The van der Waals surface area contributed by atoms with Crippen molar-refractivity contribution < 1.29 is 19.4 Å². The number of aromatic nitrogens is 3. The van der Waals surface area contributed by atoms with Crippen LogP contribution in [0.2, 0.25) is 0 Å². The number of rotatable bonds is 4. The molecule has 0 aliphatic carbocycles. The van der Waals surface area contributed by atoms with Crippen molar-refractivity contribution in [3.8, 4) is 5.75 Å². The molecular weight excluding hydrogens is 302 g/mol. The number of aliphatic hydroxyl groups is 1. The molecular formula is C14H19N5O4. The molecule has 1 aromatic carbocycles. The summed E-state index contributed by atoms with van der Waals surface area (Å²) in [6.45, 7) is 3.43. The first-order valence-electron chi connectivity index (χ1n) is 7.45. The van der Waals surface area contributed by atoms with E-state index in [1.807, 2.05) is 11.8 Å². The number of nitrogens with two attached hydrogens (primary N) is 1. The van der Waals surface area contributed by atoms with Crippen molar-refractivity contribution in [1.82, 2.24) is 15.0 Å². The van der Waals surface area contributed by atoms with Gasteiger partial charge in [-0.1, -0.05) is 13.0 Å². The topological polar surface area (TPSA) is 121 Å². The largest absolute Gasteiger partial charge is 0.594 e. The van der Waals surface area contributed by atoms with Crippen LogP contribution >= 0.6 is 0 Å². The fourth-order valence-electron chi connectivity index (χ4n) is 2.63. The van der Waals surface area contributed by atoms with Gasteiger partial charge in [0.15, 0.2) is 23.8 Å². The van der Waals surface area contributed by atoms with Crippen molar-refractivity contribution in [2.24, 2.45) is 0 Å². The van der Waals surface area contributed by atoms with Crippen LogP contribution in [0, 0.1) is 5.21 Å². The second-order valence-corrected chi connectivity index (χ2v) is 5.27. The van der Waals surface area contributed by atoms with Gasteiger partial charge in [-0.25, -0.2) is 0 Å². The molecule has 0 saturated carbocycles. The summed E-state index contributed by atoms with van der Waals surface area (Å²) in [4.78, 5) is 6.54. The van der Waals surface area contributed by atoms with Gasteiger partial charge in [0, 0.05) is 12.6 Å². The number of nitrogen functional groups attached to an aromatic ring is 1. The maximum Gasteiger partial charge on any atom is 0.288 e. The zero-order valence-electron chi connectivity index (χ0n) is 12.8. The molecule has 0 bridgehead atoms. The average molecular weight is 321 g/mol. The first-order valence-corrected chi connectivity index (χ1v) is 7.45. The van der Waals surface area contributed by atoms with E-state index in [0.29, 0.717) is 42.2 Å².